The van der Waals surface area contributed by atoms with Crippen molar-refractivity contribution in [3.8, 4) is 0 Å². The van der Waals surface area contributed by atoms with Gasteiger partial charge in [-0.2, -0.15) is 0 Å². The zero-order valence-electron chi connectivity index (χ0n) is 10.7. The van der Waals surface area contributed by atoms with Crippen molar-refractivity contribution in [3.63, 3.8) is 0 Å². The van der Waals surface area contributed by atoms with E-state index in [0.29, 0.717) is 22.9 Å². The number of hydrogen-bond acceptors (Lipinski definition) is 6. The van der Waals surface area contributed by atoms with Crippen LogP contribution < -0.4 is 5.32 Å². The lowest BCUT2D eigenvalue weighted by Gasteiger charge is -2.05. The van der Waals surface area contributed by atoms with Gasteiger partial charge in [-0.1, -0.05) is 12.1 Å². The zero-order valence-corrected chi connectivity index (χ0v) is 10.7. The van der Waals surface area contributed by atoms with Gasteiger partial charge in [0.25, 0.3) is 5.91 Å². The second-order valence-corrected chi connectivity index (χ2v) is 4.16. The van der Waals surface area contributed by atoms with Crippen LogP contribution in [0.4, 0.5) is 0 Å². The number of aromatic nitrogens is 4. The summed E-state index contributed by atoms with van der Waals surface area (Å²) < 4.78 is 5.19. The SMILES string of the molecule is Cc1nnc(CNC(=O)c2cccc3cncnc23)o1. The predicted octanol–water partition coefficient (Wildman–Crippen LogP) is 1.25. The third-order valence-electron chi connectivity index (χ3n) is 2.75. The Hall–Kier alpha value is -2.83. The van der Waals surface area contributed by atoms with E-state index >= 15 is 0 Å². The maximum atomic E-state index is 12.2. The molecule has 7 nitrogen and oxygen atoms in total. The Kier molecular flexibility index (Phi) is 3.08. The van der Waals surface area contributed by atoms with Crippen molar-refractivity contribution in [2.45, 2.75) is 13.5 Å². The van der Waals surface area contributed by atoms with Gasteiger partial charge in [0, 0.05) is 18.5 Å². The third-order valence-corrected chi connectivity index (χ3v) is 2.75. The van der Waals surface area contributed by atoms with Crippen molar-refractivity contribution in [1.29, 1.82) is 0 Å². The number of benzene rings is 1. The Balaban J connectivity index is 1.82. The molecular weight excluding hydrogens is 258 g/mol. The molecule has 0 aliphatic carbocycles. The van der Waals surface area contributed by atoms with Crippen LogP contribution in [0.5, 0.6) is 0 Å². The fraction of sp³-hybridized carbons (Fsp3) is 0.154. The van der Waals surface area contributed by atoms with Crippen LogP contribution in [-0.4, -0.2) is 26.1 Å². The van der Waals surface area contributed by atoms with Crippen molar-refractivity contribution < 1.29 is 9.21 Å². The summed E-state index contributed by atoms with van der Waals surface area (Å²) in [6, 6.07) is 5.36. The highest BCUT2D eigenvalue weighted by molar-refractivity contribution is 6.05. The van der Waals surface area contributed by atoms with Gasteiger partial charge in [-0.25, -0.2) is 9.97 Å². The largest absolute Gasteiger partial charge is 0.424 e. The van der Waals surface area contributed by atoms with E-state index in [9.17, 15) is 4.79 Å². The van der Waals surface area contributed by atoms with Gasteiger partial charge in [0.05, 0.1) is 17.6 Å². The molecule has 0 fully saturated rings. The van der Waals surface area contributed by atoms with Crippen LogP contribution in [0.2, 0.25) is 0 Å². The van der Waals surface area contributed by atoms with E-state index in [1.165, 1.54) is 6.33 Å². The minimum absolute atomic E-state index is 0.182. The number of nitrogens with zero attached hydrogens (tertiary/aromatic N) is 4. The van der Waals surface area contributed by atoms with E-state index in [1.807, 2.05) is 6.07 Å². The minimum Gasteiger partial charge on any atom is -0.424 e. The van der Waals surface area contributed by atoms with Crippen LogP contribution in [0.3, 0.4) is 0 Å². The van der Waals surface area contributed by atoms with Gasteiger partial charge in [0.15, 0.2) is 0 Å². The average molecular weight is 269 g/mol. The molecule has 3 rings (SSSR count). The lowest BCUT2D eigenvalue weighted by Crippen LogP contribution is -2.23. The van der Waals surface area contributed by atoms with Crippen molar-refractivity contribution >= 4 is 16.8 Å². The lowest BCUT2D eigenvalue weighted by molar-refractivity contribution is 0.0948. The van der Waals surface area contributed by atoms with Gasteiger partial charge < -0.3 is 9.73 Å². The van der Waals surface area contributed by atoms with Gasteiger partial charge in [-0.15, -0.1) is 10.2 Å². The van der Waals surface area contributed by atoms with Crippen LogP contribution in [0.15, 0.2) is 35.1 Å². The van der Waals surface area contributed by atoms with E-state index in [1.54, 1.807) is 25.3 Å². The molecule has 0 saturated carbocycles. The van der Waals surface area contributed by atoms with E-state index in [0.717, 1.165) is 5.39 Å². The Morgan fingerprint density at radius 2 is 2.25 bits per heavy atom. The van der Waals surface area contributed by atoms with E-state index in [-0.39, 0.29) is 12.5 Å². The molecule has 100 valence electrons. The van der Waals surface area contributed by atoms with Crippen molar-refractivity contribution in [2.24, 2.45) is 0 Å². The quantitative estimate of drug-likeness (QED) is 0.769. The molecule has 0 saturated heterocycles. The first-order valence-electron chi connectivity index (χ1n) is 6.00. The molecule has 3 aromatic rings. The summed E-state index contributed by atoms with van der Waals surface area (Å²) in [6.07, 6.45) is 3.08. The van der Waals surface area contributed by atoms with Crippen LogP contribution in [0.1, 0.15) is 22.1 Å². The van der Waals surface area contributed by atoms with Crippen LogP contribution in [-0.2, 0) is 6.54 Å². The number of amides is 1. The number of aryl methyl sites for hydroxylation is 1. The molecule has 0 radical (unpaired) electrons. The minimum atomic E-state index is -0.245. The monoisotopic (exact) mass is 269 g/mol. The summed E-state index contributed by atoms with van der Waals surface area (Å²) in [4.78, 5) is 20.2. The predicted molar refractivity (Wildman–Crippen MR) is 69.7 cm³/mol. The van der Waals surface area contributed by atoms with Crippen molar-refractivity contribution in [3.05, 3.63) is 48.1 Å². The first-order chi connectivity index (χ1) is 9.74. The van der Waals surface area contributed by atoms with Gasteiger partial charge in [0.2, 0.25) is 11.8 Å². The summed E-state index contributed by atoms with van der Waals surface area (Å²) in [7, 11) is 0. The van der Waals surface area contributed by atoms with Gasteiger partial charge in [0.1, 0.15) is 6.33 Å². The molecule has 2 aromatic heterocycles. The van der Waals surface area contributed by atoms with E-state index in [4.69, 9.17) is 4.42 Å². The fourth-order valence-corrected chi connectivity index (χ4v) is 1.86. The summed E-state index contributed by atoms with van der Waals surface area (Å²) in [5.41, 5.74) is 1.10. The van der Waals surface area contributed by atoms with Gasteiger partial charge >= 0.3 is 0 Å². The zero-order chi connectivity index (χ0) is 13.9. The number of carbonyl (C=O) groups is 1. The van der Waals surface area contributed by atoms with Gasteiger partial charge in [-0.3, -0.25) is 4.79 Å². The molecule has 1 amide bonds. The molecule has 0 unspecified atom stereocenters. The molecule has 1 N–H and O–H groups in total. The fourth-order valence-electron chi connectivity index (χ4n) is 1.86. The maximum Gasteiger partial charge on any atom is 0.253 e. The molecule has 1 aromatic carbocycles. The lowest BCUT2D eigenvalue weighted by atomic mass is 10.1. The molecule has 2 heterocycles. The number of para-hydroxylation sites is 1. The number of rotatable bonds is 3. The summed E-state index contributed by atoms with van der Waals surface area (Å²) in [5.74, 6) is 0.586. The standard InChI is InChI=1S/C13H11N5O2/c1-8-17-18-11(20-8)6-15-13(19)10-4-2-3-9-5-14-7-16-12(9)10/h2-5,7H,6H2,1H3,(H,15,19). The molecule has 0 aliphatic heterocycles. The summed E-state index contributed by atoms with van der Waals surface area (Å²) >= 11 is 0. The molecule has 0 bridgehead atoms. The Labute approximate surface area is 114 Å². The highest BCUT2D eigenvalue weighted by Crippen LogP contribution is 2.14. The third kappa shape index (κ3) is 2.33. The number of carbonyl (C=O) groups excluding carboxylic acids is 1. The van der Waals surface area contributed by atoms with Crippen LogP contribution >= 0.6 is 0 Å². The Morgan fingerprint density at radius 3 is 3.05 bits per heavy atom. The van der Waals surface area contributed by atoms with Gasteiger partial charge in [-0.05, 0) is 6.07 Å². The maximum absolute atomic E-state index is 12.2. The first kappa shape index (κ1) is 12.2. The second-order valence-electron chi connectivity index (χ2n) is 4.16. The Bertz CT molecular complexity index is 763. The van der Waals surface area contributed by atoms with E-state index in [2.05, 4.69) is 25.5 Å². The highest BCUT2D eigenvalue weighted by atomic mass is 16.4. The summed E-state index contributed by atoms with van der Waals surface area (Å²) in [6.45, 7) is 1.88. The van der Waals surface area contributed by atoms with Crippen LogP contribution in [0, 0.1) is 6.92 Å². The molecular formula is C13H11N5O2. The second kappa shape index (κ2) is 5.04. The molecule has 20 heavy (non-hydrogen) atoms. The smallest absolute Gasteiger partial charge is 0.253 e. The van der Waals surface area contributed by atoms with Crippen molar-refractivity contribution in [2.75, 3.05) is 0 Å². The average Bonchev–Trinajstić information content (AvgIpc) is 2.90. The van der Waals surface area contributed by atoms with Crippen LogP contribution in [0.25, 0.3) is 10.9 Å². The molecule has 0 aliphatic rings. The highest BCUT2D eigenvalue weighted by Gasteiger charge is 2.12. The Morgan fingerprint density at radius 1 is 1.35 bits per heavy atom. The number of fused-ring (bicyclic) bond motifs is 1. The first-order valence-corrected chi connectivity index (χ1v) is 6.00. The topological polar surface area (TPSA) is 93.8 Å². The number of hydrogen-bond donors (Lipinski definition) is 1. The number of nitrogens with one attached hydrogen (secondary N) is 1. The summed E-state index contributed by atoms with van der Waals surface area (Å²) in [5, 5.41) is 11.1. The van der Waals surface area contributed by atoms with E-state index < -0.39 is 0 Å². The molecule has 0 atom stereocenters. The molecule has 7 heteroatoms. The molecule has 0 spiro atoms. The van der Waals surface area contributed by atoms with Crippen molar-refractivity contribution in [1.82, 2.24) is 25.5 Å². The normalized spacial score (nSPS) is 10.7.